The van der Waals surface area contributed by atoms with Crippen molar-refractivity contribution in [1.82, 2.24) is 0 Å². The Morgan fingerprint density at radius 3 is 2.56 bits per heavy atom. The summed E-state index contributed by atoms with van der Waals surface area (Å²) in [5.41, 5.74) is 2.01. The minimum absolute atomic E-state index is 0.844. The highest BCUT2D eigenvalue weighted by molar-refractivity contribution is 6.32. The number of rotatable bonds is 2. The van der Waals surface area contributed by atoms with Crippen molar-refractivity contribution >= 4 is 14.1 Å². The summed E-state index contributed by atoms with van der Waals surface area (Å²) in [6.07, 6.45) is 3.81. The first kappa shape index (κ1) is 8.21. The maximum Gasteiger partial charge on any atom is 0.140 e. The predicted octanol–water partition coefficient (Wildman–Crippen LogP) is 1.13. The van der Waals surface area contributed by atoms with Crippen LogP contribution in [-0.4, -0.2) is 14.1 Å². The van der Waals surface area contributed by atoms with E-state index in [4.69, 9.17) is 0 Å². The zero-order valence-electron chi connectivity index (χ0n) is 6.31. The van der Waals surface area contributed by atoms with Gasteiger partial charge in [0, 0.05) is 11.9 Å². The molecule has 0 bridgehead atoms. The maximum atomic E-state index is 4.01. The van der Waals surface area contributed by atoms with E-state index in [1.807, 2.05) is 34.0 Å². The van der Waals surface area contributed by atoms with E-state index in [9.17, 15) is 0 Å². The van der Waals surface area contributed by atoms with Gasteiger partial charge in [-0.15, -0.1) is 0 Å². The Morgan fingerprint density at radius 1 is 1.67 bits per heavy atom. The molecule has 1 nitrogen and oxygen atoms in total. The fourth-order valence-electron chi connectivity index (χ4n) is 0.287. The lowest BCUT2D eigenvalue weighted by Gasteiger charge is -1.86. The zero-order chi connectivity index (χ0) is 7.28. The van der Waals surface area contributed by atoms with Crippen LogP contribution in [-0.2, 0) is 0 Å². The van der Waals surface area contributed by atoms with Gasteiger partial charge in [0.2, 0.25) is 0 Å². The molecule has 48 valence electrons. The van der Waals surface area contributed by atoms with E-state index in [-0.39, 0.29) is 0 Å². The molecule has 0 aromatic heterocycles. The van der Waals surface area contributed by atoms with Gasteiger partial charge in [0.05, 0.1) is 0 Å². The Kier molecular flexibility index (Phi) is 3.77. The summed E-state index contributed by atoms with van der Waals surface area (Å²) < 4.78 is 0. The van der Waals surface area contributed by atoms with E-state index in [2.05, 4.69) is 11.6 Å². The Morgan fingerprint density at radius 2 is 2.22 bits per heavy atom. The zero-order valence-corrected chi connectivity index (χ0v) is 6.31. The number of hydrogen-bond donors (Lipinski definition) is 0. The van der Waals surface area contributed by atoms with Crippen LogP contribution in [0, 0.1) is 0 Å². The van der Waals surface area contributed by atoms with Crippen LogP contribution < -0.4 is 0 Å². The normalized spacial score (nSPS) is 12.4. The second-order valence-corrected chi connectivity index (χ2v) is 2.03. The lowest BCUT2D eigenvalue weighted by atomic mass is 9.97. The van der Waals surface area contributed by atoms with Crippen molar-refractivity contribution < 1.29 is 0 Å². The summed E-state index contributed by atoms with van der Waals surface area (Å²) in [4.78, 5) is 4.01. The molecule has 0 N–H and O–H groups in total. The molecule has 0 aliphatic rings. The van der Waals surface area contributed by atoms with Crippen LogP contribution >= 0.6 is 0 Å². The first-order valence-corrected chi connectivity index (χ1v) is 2.99. The minimum Gasteiger partial charge on any atom is -0.263 e. The van der Waals surface area contributed by atoms with Crippen LogP contribution in [0.3, 0.4) is 0 Å². The fraction of sp³-hybridized carbons (Fsp3) is 0.286. The van der Waals surface area contributed by atoms with E-state index in [1.54, 1.807) is 0 Å². The van der Waals surface area contributed by atoms with E-state index in [0.29, 0.717) is 0 Å². The van der Waals surface area contributed by atoms with Crippen molar-refractivity contribution in [3.8, 4) is 0 Å². The van der Waals surface area contributed by atoms with Crippen molar-refractivity contribution in [2.75, 3.05) is 0 Å². The number of nitrogens with zero attached hydrogens (tertiary/aromatic N) is 1. The predicted molar refractivity (Wildman–Crippen MR) is 45.6 cm³/mol. The van der Waals surface area contributed by atoms with Gasteiger partial charge in [0.15, 0.2) is 0 Å². The van der Waals surface area contributed by atoms with Gasteiger partial charge in [0.25, 0.3) is 0 Å². The van der Waals surface area contributed by atoms with Gasteiger partial charge >= 0.3 is 0 Å². The van der Waals surface area contributed by atoms with E-state index >= 15 is 0 Å². The van der Waals surface area contributed by atoms with Gasteiger partial charge in [-0.1, -0.05) is 18.1 Å². The number of hydrogen-bond acceptors (Lipinski definition) is 1. The maximum absolute atomic E-state index is 4.01. The van der Waals surface area contributed by atoms with E-state index in [1.165, 1.54) is 0 Å². The summed E-state index contributed by atoms with van der Waals surface area (Å²) in [6.45, 7) is 7.50. The molecule has 0 saturated heterocycles. The second-order valence-electron chi connectivity index (χ2n) is 2.03. The molecule has 0 atom stereocenters. The highest BCUT2D eigenvalue weighted by atomic mass is 14.7. The average molecular weight is 121 g/mol. The van der Waals surface area contributed by atoms with Crippen LogP contribution in [0.2, 0.25) is 0 Å². The molecule has 0 aliphatic heterocycles. The molecule has 0 radical (unpaired) electrons. The SMILES string of the molecule is BC(/C=N\C(=C)C)=C/C. The molecule has 0 rings (SSSR count). The first-order valence-electron chi connectivity index (χ1n) is 2.99. The van der Waals surface area contributed by atoms with Crippen LogP contribution in [0.25, 0.3) is 0 Å². The summed E-state index contributed by atoms with van der Waals surface area (Å²) in [5.74, 6) is 0. The molecule has 0 aromatic rings. The van der Waals surface area contributed by atoms with Gasteiger partial charge in [0.1, 0.15) is 7.85 Å². The van der Waals surface area contributed by atoms with Crippen molar-refractivity contribution in [3.63, 3.8) is 0 Å². The quantitative estimate of drug-likeness (QED) is 0.383. The van der Waals surface area contributed by atoms with Crippen LogP contribution in [0.5, 0.6) is 0 Å². The number of allylic oxidation sites excluding steroid dienone is 3. The van der Waals surface area contributed by atoms with E-state index < -0.39 is 0 Å². The molecular formula is C7H12BN. The molecule has 0 unspecified atom stereocenters. The molecule has 2 heteroatoms. The third-order valence-electron chi connectivity index (χ3n) is 0.944. The Hall–Kier alpha value is -0.785. The van der Waals surface area contributed by atoms with Gasteiger partial charge in [-0.3, -0.25) is 4.99 Å². The van der Waals surface area contributed by atoms with Crippen LogP contribution in [0.4, 0.5) is 0 Å². The second kappa shape index (κ2) is 4.13. The van der Waals surface area contributed by atoms with Crippen LogP contribution in [0.15, 0.2) is 28.8 Å². The molecule has 0 amide bonds. The van der Waals surface area contributed by atoms with Gasteiger partial charge < -0.3 is 0 Å². The number of aliphatic imine (C=N–C) groups is 1. The average Bonchev–Trinajstić information content (AvgIpc) is 1.83. The Balaban J connectivity index is 3.86. The van der Waals surface area contributed by atoms with Gasteiger partial charge in [-0.25, -0.2) is 0 Å². The lowest BCUT2D eigenvalue weighted by Crippen LogP contribution is -1.81. The third kappa shape index (κ3) is 5.08. The summed E-state index contributed by atoms with van der Waals surface area (Å²) in [5, 5.41) is 0. The lowest BCUT2D eigenvalue weighted by molar-refractivity contribution is 1.34. The molecule has 0 spiro atoms. The smallest absolute Gasteiger partial charge is 0.140 e. The Bertz CT molecular complexity index is 156. The summed E-state index contributed by atoms with van der Waals surface area (Å²) in [6, 6.07) is 0. The fourth-order valence-corrected chi connectivity index (χ4v) is 0.287. The summed E-state index contributed by atoms with van der Waals surface area (Å²) in [7, 11) is 2.01. The molecule has 0 fully saturated rings. The van der Waals surface area contributed by atoms with Crippen molar-refractivity contribution in [2.45, 2.75) is 13.8 Å². The van der Waals surface area contributed by atoms with Crippen molar-refractivity contribution in [1.29, 1.82) is 0 Å². The third-order valence-corrected chi connectivity index (χ3v) is 0.944. The largest absolute Gasteiger partial charge is 0.263 e. The standard InChI is InChI=1S/C7H12BN/c1-4-7(8)5-9-6(2)3/h4-5H,2,8H2,1,3H3/b7-4+,9-5-. The molecule has 0 heterocycles. The summed E-state index contributed by atoms with van der Waals surface area (Å²) >= 11 is 0. The van der Waals surface area contributed by atoms with Gasteiger partial charge in [-0.05, 0) is 13.8 Å². The highest BCUT2D eigenvalue weighted by Crippen LogP contribution is 1.88. The van der Waals surface area contributed by atoms with Crippen LogP contribution in [0.1, 0.15) is 13.8 Å². The molecular weight excluding hydrogens is 109 g/mol. The monoisotopic (exact) mass is 121 g/mol. The first-order chi connectivity index (χ1) is 4.16. The van der Waals surface area contributed by atoms with Gasteiger partial charge in [-0.2, -0.15) is 0 Å². The highest BCUT2D eigenvalue weighted by Gasteiger charge is 1.77. The molecule has 0 aromatic carbocycles. The topological polar surface area (TPSA) is 12.4 Å². The van der Waals surface area contributed by atoms with E-state index in [0.717, 1.165) is 11.2 Å². The molecule has 9 heavy (non-hydrogen) atoms. The molecule has 0 saturated carbocycles. The minimum atomic E-state index is 0.844. The van der Waals surface area contributed by atoms with Crippen molar-refractivity contribution in [3.05, 3.63) is 23.8 Å². The molecule has 0 aliphatic carbocycles. The van der Waals surface area contributed by atoms with Crippen molar-refractivity contribution in [2.24, 2.45) is 4.99 Å². The Labute approximate surface area is 57.6 Å².